The number of aryl methyl sites for hydroxylation is 1. The van der Waals surface area contributed by atoms with Gasteiger partial charge < -0.3 is 10.1 Å². The fourth-order valence-electron chi connectivity index (χ4n) is 2.48. The summed E-state index contributed by atoms with van der Waals surface area (Å²) in [5.41, 5.74) is 2.07. The first-order valence-corrected chi connectivity index (χ1v) is 8.47. The van der Waals surface area contributed by atoms with E-state index < -0.39 is 5.54 Å². The quantitative estimate of drug-likeness (QED) is 0.745. The molecule has 0 amide bonds. The standard InChI is InChI=1S/C17H27NO2S/c1-6-18-17(4,16(19)20-5)11-14(3)21-12-15-10-8-7-9-13(15)2/h7-10,14,18H,6,11-12H2,1-5H3. The van der Waals surface area contributed by atoms with Gasteiger partial charge in [0.2, 0.25) is 0 Å². The molecule has 1 aromatic carbocycles. The summed E-state index contributed by atoms with van der Waals surface area (Å²) in [6.07, 6.45) is 0.754. The Morgan fingerprint density at radius 1 is 1.43 bits per heavy atom. The minimum atomic E-state index is -0.609. The minimum absolute atomic E-state index is 0.187. The molecule has 0 bridgehead atoms. The topological polar surface area (TPSA) is 38.3 Å². The molecule has 0 radical (unpaired) electrons. The zero-order valence-electron chi connectivity index (χ0n) is 13.7. The molecule has 2 unspecified atom stereocenters. The van der Waals surface area contributed by atoms with E-state index in [1.165, 1.54) is 18.2 Å². The monoisotopic (exact) mass is 309 g/mol. The molecule has 0 aliphatic heterocycles. The van der Waals surface area contributed by atoms with E-state index >= 15 is 0 Å². The van der Waals surface area contributed by atoms with Gasteiger partial charge in [-0.2, -0.15) is 11.8 Å². The lowest BCUT2D eigenvalue weighted by Crippen LogP contribution is -2.51. The first kappa shape index (κ1) is 18.1. The van der Waals surface area contributed by atoms with Crippen LogP contribution in [0.15, 0.2) is 24.3 Å². The molecule has 118 valence electrons. The minimum Gasteiger partial charge on any atom is -0.468 e. The van der Waals surface area contributed by atoms with Crippen molar-refractivity contribution in [1.82, 2.24) is 5.32 Å². The number of hydrogen-bond acceptors (Lipinski definition) is 4. The fraction of sp³-hybridized carbons (Fsp3) is 0.588. The van der Waals surface area contributed by atoms with E-state index in [0.29, 0.717) is 5.25 Å². The van der Waals surface area contributed by atoms with Crippen molar-refractivity contribution in [2.45, 2.75) is 50.7 Å². The Hall–Kier alpha value is -1.00. The average Bonchev–Trinajstić information content (AvgIpc) is 2.45. The number of carbonyl (C=O) groups excluding carboxylic acids is 1. The van der Waals surface area contributed by atoms with Crippen molar-refractivity contribution < 1.29 is 9.53 Å². The molecule has 2 atom stereocenters. The van der Waals surface area contributed by atoms with Gasteiger partial charge in [0.15, 0.2) is 0 Å². The number of hydrogen-bond donors (Lipinski definition) is 1. The van der Waals surface area contributed by atoms with Gasteiger partial charge in [-0.25, -0.2) is 0 Å². The second-order valence-corrected chi connectivity index (χ2v) is 7.03. The maximum atomic E-state index is 12.0. The zero-order chi connectivity index (χ0) is 15.9. The molecule has 1 aromatic rings. The van der Waals surface area contributed by atoms with Crippen LogP contribution in [-0.2, 0) is 15.3 Å². The second kappa shape index (κ2) is 8.44. The molecule has 0 aliphatic rings. The number of rotatable bonds is 8. The zero-order valence-corrected chi connectivity index (χ0v) is 14.5. The second-order valence-electron chi connectivity index (χ2n) is 5.61. The molecule has 3 nitrogen and oxygen atoms in total. The van der Waals surface area contributed by atoms with Crippen molar-refractivity contribution in [2.75, 3.05) is 13.7 Å². The van der Waals surface area contributed by atoms with Gasteiger partial charge in [0.1, 0.15) is 5.54 Å². The van der Waals surface area contributed by atoms with Crippen LogP contribution in [0.25, 0.3) is 0 Å². The van der Waals surface area contributed by atoms with Crippen LogP contribution in [0.1, 0.15) is 38.3 Å². The van der Waals surface area contributed by atoms with Gasteiger partial charge in [-0.1, -0.05) is 38.1 Å². The molecular weight excluding hydrogens is 282 g/mol. The Morgan fingerprint density at radius 2 is 2.10 bits per heavy atom. The maximum Gasteiger partial charge on any atom is 0.325 e. The van der Waals surface area contributed by atoms with Crippen LogP contribution in [0.5, 0.6) is 0 Å². The molecule has 0 aliphatic carbocycles. The lowest BCUT2D eigenvalue weighted by molar-refractivity contribution is -0.148. The van der Waals surface area contributed by atoms with Gasteiger partial charge in [0.25, 0.3) is 0 Å². The summed E-state index contributed by atoms with van der Waals surface area (Å²) in [5.74, 6) is 0.782. The highest BCUT2D eigenvalue weighted by atomic mass is 32.2. The Balaban J connectivity index is 2.60. The first-order chi connectivity index (χ1) is 9.92. The van der Waals surface area contributed by atoms with Crippen LogP contribution in [0.2, 0.25) is 0 Å². The van der Waals surface area contributed by atoms with Gasteiger partial charge >= 0.3 is 5.97 Å². The van der Waals surface area contributed by atoms with E-state index in [-0.39, 0.29) is 5.97 Å². The summed E-state index contributed by atoms with van der Waals surface area (Å²) < 4.78 is 4.94. The maximum absolute atomic E-state index is 12.0. The molecule has 21 heavy (non-hydrogen) atoms. The number of nitrogens with one attached hydrogen (secondary N) is 1. The van der Waals surface area contributed by atoms with Crippen molar-refractivity contribution >= 4 is 17.7 Å². The SMILES string of the molecule is CCNC(C)(CC(C)SCc1ccccc1C)C(=O)OC. The van der Waals surface area contributed by atoms with Gasteiger partial charge in [0.05, 0.1) is 7.11 Å². The fourth-order valence-corrected chi connectivity index (χ4v) is 3.72. The molecule has 0 fully saturated rings. The lowest BCUT2D eigenvalue weighted by Gasteiger charge is -2.30. The molecule has 0 spiro atoms. The van der Waals surface area contributed by atoms with Crippen LogP contribution >= 0.6 is 11.8 Å². The van der Waals surface area contributed by atoms with Crippen molar-refractivity contribution in [1.29, 1.82) is 0 Å². The molecule has 0 heterocycles. The number of thioether (sulfide) groups is 1. The number of esters is 1. The van der Waals surface area contributed by atoms with Crippen molar-refractivity contribution in [2.24, 2.45) is 0 Å². The first-order valence-electron chi connectivity index (χ1n) is 7.42. The van der Waals surface area contributed by atoms with Gasteiger partial charge in [-0.05, 0) is 37.9 Å². The van der Waals surface area contributed by atoms with Crippen molar-refractivity contribution in [3.63, 3.8) is 0 Å². The Bertz CT molecular complexity index is 464. The van der Waals surface area contributed by atoms with Crippen LogP contribution in [0.3, 0.4) is 0 Å². The third kappa shape index (κ3) is 5.36. The summed E-state index contributed by atoms with van der Waals surface area (Å²) in [6, 6.07) is 8.44. The Morgan fingerprint density at radius 3 is 2.67 bits per heavy atom. The van der Waals surface area contributed by atoms with Crippen LogP contribution < -0.4 is 5.32 Å². The highest BCUT2D eigenvalue weighted by Gasteiger charge is 2.34. The molecule has 4 heteroatoms. The smallest absolute Gasteiger partial charge is 0.325 e. The number of likely N-dealkylation sites (N-methyl/N-ethyl adjacent to an activating group) is 1. The largest absolute Gasteiger partial charge is 0.468 e. The van der Waals surface area contributed by atoms with Crippen LogP contribution in [0.4, 0.5) is 0 Å². The van der Waals surface area contributed by atoms with Crippen LogP contribution in [0, 0.1) is 6.92 Å². The summed E-state index contributed by atoms with van der Waals surface area (Å²) in [5, 5.41) is 3.63. The summed E-state index contributed by atoms with van der Waals surface area (Å²) in [7, 11) is 1.45. The predicted octanol–water partition coefficient (Wildman–Crippen LogP) is 3.55. The van der Waals surface area contributed by atoms with E-state index in [1.807, 2.05) is 25.6 Å². The molecule has 1 N–H and O–H groups in total. The normalized spacial score (nSPS) is 15.3. The van der Waals surface area contributed by atoms with E-state index in [0.717, 1.165) is 18.7 Å². The van der Waals surface area contributed by atoms with E-state index in [4.69, 9.17) is 4.74 Å². The van der Waals surface area contributed by atoms with E-state index in [1.54, 1.807) is 0 Å². The highest BCUT2D eigenvalue weighted by molar-refractivity contribution is 7.99. The molecule has 1 rings (SSSR count). The predicted molar refractivity (Wildman–Crippen MR) is 90.7 cm³/mol. The Labute approximate surface area is 132 Å². The summed E-state index contributed by atoms with van der Waals surface area (Å²) in [6.45, 7) is 8.99. The van der Waals surface area contributed by atoms with E-state index in [2.05, 4.69) is 43.4 Å². The van der Waals surface area contributed by atoms with Crippen molar-refractivity contribution in [3.05, 3.63) is 35.4 Å². The third-order valence-corrected chi connectivity index (χ3v) is 4.90. The highest BCUT2D eigenvalue weighted by Crippen LogP contribution is 2.26. The average molecular weight is 309 g/mol. The lowest BCUT2D eigenvalue weighted by atomic mass is 9.96. The Kier molecular flexibility index (Phi) is 7.26. The third-order valence-electron chi connectivity index (χ3n) is 3.68. The van der Waals surface area contributed by atoms with Gasteiger partial charge in [-0.15, -0.1) is 0 Å². The summed E-state index contributed by atoms with van der Waals surface area (Å²) >= 11 is 1.88. The molecule has 0 saturated carbocycles. The molecule has 0 aromatic heterocycles. The summed E-state index contributed by atoms with van der Waals surface area (Å²) in [4.78, 5) is 12.0. The number of ether oxygens (including phenoxy) is 1. The molecular formula is C17H27NO2S. The van der Waals surface area contributed by atoms with Crippen molar-refractivity contribution in [3.8, 4) is 0 Å². The number of carbonyl (C=O) groups is 1. The van der Waals surface area contributed by atoms with Gasteiger partial charge in [0, 0.05) is 11.0 Å². The van der Waals surface area contributed by atoms with E-state index in [9.17, 15) is 4.79 Å². The number of methoxy groups -OCH3 is 1. The number of benzene rings is 1. The van der Waals surface area contributed by atoms with Crippen LogP contribution in [-0.4, -0.2) is 30.4 Å². The van der Waals surface area contributed by atoms with Gasteiger partial charge in [-0.3, -0.25) is 4.79 Å². The molecule has 0 saturated heterocycles.